The molecule has 0 spiro atoms. The van der Waals surface area contributed by atoms with E-state index in [0.29, 0.717) is 11.8 Å². The molecule has 1 aliphatic carbocycles. The third-order valence-electron chi connectivity index (χ3n) is 3.48. The Morgan fingerprint density at radius 1 is 1.22 bits per heavy atom. The highest BCUT2D eigenvalue weighted by Gasteiger charge is 2.41. The lowest BCUT2D eigenvalue weighted by Gasteiger charge is -2.03. The summed E-state index contributed by atoms with van der Waals surface area (Å²) in [4.78, 5) is 8.46. The Morgan fingerprint density at radius 2 is 2.06 bits per heavy atom. The summed E-state index contributed by atoms with van der Waals surface area (Å²) in [6, 6.07) is 12.2. The van der Waals surface area contributed by atoms with Crippen LogP contribution < -0.4 is 0 Å². The second kappa shape index (κ2) is 4.23. The van der Waals surface area contributed by atoms with Crippen molar-refractivity contribution < 1.29 is 0 Å². The second-order valence-electron chi connectivity index (χ2n) is 4.73. The van der Waals surface area contributed by atoms with Gasteiger partial charge in [0.15, 0.2) is 0 Å². The summed E-state index contributed by atoms with van der Waals surface area (Å²) in [5, 5.41) is 9.12. The van der Waals surface area contributed by atoms with E-state index in [9.17, 15) is 0 Å². The molecule has 1 heterocycles. The fraction of sp³-hybridized carbons (Fsp3) is 0.267. The van der Waals surface area contributed by atoms with Gasteiger partial charge in [0, 0.05) is 17.3 Å². The van der Waals surface area contributed by atoms with E-state index in [-0.39, 0.29) is 0 Å². The highest BCUT2D eigenvalue weighted by Crippen LogP contribution is 2.54. The average molecular weight is 235 g/mol. The number of benzene rings is 1. The lowest BCUT2D eigenvalue weighted by atomic mass is 10.0. The Labute approximate surface area is 106 Å². The van der Waals surface area contributed by atoms with Crippen LogP contribution in [0.2, 0.25) is 0 Å². The van der Waals surface area contributed by atoms with Gasteiger partial charge in [-0.05, 0) is 37.0 Å². The van der Waals surface area contributed by atoms with Crippen molar-refractivity contribution in [1.29, 1.82) is 5.26 Å². The van der Waals surface area contributed by atoms with Gasteiger partial charge in [-0.2, -0.15) is 5.26 Å². The molecule has 1 aliphatic rings. The van der Waals surface area contributed by atoms with Crippen LogP contribution in [0.3, 0.4) is 0 Å². The molecule has 2 unspecified atom stereocenters. The molecule has 2 aromatic rings. The number of aryl methyl sites for hydroxylation is 1. The Balaban J connectivity index is 1.88. The van der Waals surface area contributed by atoms with E-state index in [1.54, 1.807) is 6.33 Å². The molecule has 0 bridgehead atoms. The van der Waals surface area contributed by atoms with Crippen LogP contribution in [0.5, 0.6) is 0 Å². The number of nitrogens with zero attached hydrogens (tertiary/aromatic N) is 3. The number of hydrogen-bond donors (Lipinski definition) is 0. The molecule has 2 atom stereocenters. The van der Waals surface area contributed by atoms with E-state index in [0.717, 1.165) is 28.9 Å². The first-order chi connectivity index (χ1) is 8.79. The Kier molecular flexibility index (Phi) is 2.56. The number of rotatable bonds is 2. The summed E-state index contributed by atoms with van der Waals surface area (Å²) < 4.78 is 0. The van der Waals surface area contributed by atoms with Crippen molar-refractivity contribution in [2.45, 2.75) is 25.2 Å². The minimum Gasteiger partial charge on any atom is -0.242 e. The van der Waals surface area contributed by atoms with E-state index >= 15 is 0 Å². The van der Waals surface area contributed by atoms with Crippen LogP contribution >= 0.6 is 0 Å². The molecular weight excluding hydrogens is 222 g/mol. The zero-order valence-electron chi connectivity index (χ0n) is 10.2. The molecule has 88 valence electrons. The predicted octanol–water partition coefficient (Wildman–Crippen LogP) is 2.93. The van der Waals surface area contributed by atoms with Gasteiger partial charge in [-0.15, -0.1) is 0 Å². The van der Waals surface area contributed by atoms with Gasteiger partial charge in [0.1, 0.15) is 6.33 Å². The molecule has 3 rings (SSSR count). The van der Waals surface area contributed by atoms with Gasteiger partial charge in [0.25, 0.3) is 0 Å². The van der Waals surface area contributed by atoms with Crippen LogP contribution in [0, 0.1) is 18.3 Å². The SMILES string of the molecule is Cc1cc(C2CC2c2ccccc2C#N)ncn1. The molecule has 1 aromatic carbocycles. The lowest BCUT2D eigenvalue weighted by molar-refractivity contribution is 0.930. The highest BCUT2D eigenvalue weighted by molar-refractivity contribution is 5.44. The van der Waals surface area contributed by atoms with Crippen molar-refractivity contribution in [3.8, 4) is 6.07 Å². The number of nitriles is 1. The summed E-state index contributed by atoms with van der Waals surface area (Å²) in [7, 11) is 0. The van der Waals surface area contributed by atoms with Crippen LogP contribution in [0.25, 0.3) is 0 Å². The summed E-state index contributed by atoms with van der Waals surface area (Å²) in [5.41, 5.74) is 4.04. The fourth-order valence-electron chi connectivity index (χ4n) is 2.47. The summed E-state index contributed by atoms with van der Waals surface area (Å²) in [6.07, 6.45) is 2.70. The zero-order chi connectivity index (χ0) is 12.5. The molecule has 0 saturated heterocycles. The van der Waals surface area contributed by atoms with Crippen molar-refractivity contribution in [3.63, 3.8) is 0 Å². The smallest absolute Gasteiger partial charge is 0.115 e. The molecule has 3 heteroatoms. The third kappa shape index (κ3) is 1.86. The molecule has 0 amide bonds. The Hall–Kier alpha value is -2.21. The zero-order valence-corrected chi connectivity index (χ0v) is 10.2. The van der Waals surface area contributed by atoms with Gasteiger partial charge >= 0.3 is 0 Å². The van der Waals surface area contributed by atoms with Gasteiger partial charge in [0.2, 0.25) is 0 Å². The minimum atomic E-state index is 0.440. The molecule has 1 fully saturated rings. The van der Waals surface area contributed by atoms with Crippen molar-refractivity contribution in [1.82, 2.24) is 9.97 Å². The standard InChI is InChI=1S/C15H13N3/c1-10-6-15(18-9-17-10)14-7-13(14)12-5-3-2-4-11(12)8-16/h2-6,9,13-14H,7H2,1H3. The summed E-state index contributed by atoms with van der Waals surface area (Å²) >= 11 is 0. The van der Waals surface area contributed by atoms with E-state index in [1.165, 1.54) is 0 Å². The molecule has 0 aliphatic heterocycles. The molecule has 3 nitrogen and oxygen atoms in total. The Morgan fingerprint density at radius 3 is 2.83 bits per heavy atom. The van der Waals surface area contributed by atoms with Gasteiger partial charge in [-0.1, -0.05) is 18.2 Å². The first-order valence-corrected chi connectivity index (χ1v) is 6.07. The molecule has 1 aromatic heterocycles. The minimum absolute atomic E-state index is 0.440. The third-order valence-corrected chi connectivity index (χ3v) is 3.48. The van der Waals surface area contributed by atoms with E-state index in [4.69, 9.17) is 5.26 Å². The maximum absolute atomic E-state index is 9.12. The van der Waals surface area contributed by atoms with Crippen LogP contribution in [-0.4, -0.2) is 9.97 Å². The van der Waals surface area contributed by atoms with Crippen LogP contribution in [-0.2, 0) is 0 Å². The molecule has 0 N–H and O–H groups in total. The maximum atomic E-state index is 9.12. The van der Waals surface area contributed by atoms with E-state index < -0.39 is 0 Å². The van der Waals surface area contributed by atoms with E-state index in [2.05, 4.69) is 22.1 Å². The largest absolute Gasteiger partial charge is 0.242 e. The molecule has 1 saturated carbocycles. The predicted molar refractivity (Wildman–Crippen MR) is 68.0 cm³/mol. The molecule has 0 radical (unpaired) electrons. The van der Waals surface area contributed by atoms with Crippen molar-refractivity contribution >= 4 is 0 Å². The summed E-state index contributed by atoms with van der Waals surface area (Å²) in [6.45, 7) is 1.98. The summed E-state index contributed by atoms with van der Waals surface area (Å²) in [5.74, 6) is 0.886. The van der Waals surface area contributed by atoms with Crippen LogP contribution in [0.4, 0.5) is 0 Å². The normalized spacial score (nSPS) is 21.3. The highest BCUT2D eigenvalue weighted by atomic mass is 14.8. The van der Waals surface area contributed by atoms with Gasteiger partial charge in [-0.25, -0.2) is 9.97 Å². The van der Waals surface area contributed by atoms with Crippen LogP contribution in [0.1, 0.15) is 40.8 Å². The van der Waals surface area contributed by atoms with Crippen LogP contribution in [0.15, 0.2) is 36.7 Å². The van der Waals surface area contributed by atoms with Gasteiger partial charge < -0.3 is 0 Å². The maximum Gasteiger partial charge on any atom is 0.115 e. The fourth-order valence-corrected chi connectivity index (χ4v) is 2.47. The van der Waals surface area contributed by atoms with Gasteiger partial charge in [0.05, 0.1) is 11.6 Å². The number of aromatic nitrogens is 2. The van der Waals surface area contributed by atoms with Crippen molar-refractivity contribution in [3.05, 3.63) is 59.2 Å². The first-order valence-electron chi connectivity index (χ1n) is 6.07. The first kappa shape index (κ1) is 10.9. The van der Waals surface area contributed by atoms with Crippen molar-refractivity contribution in [2.24, 2.45) is 0 Å². The quantitative estimate of drug-likeness (QED) is 0.804. The Bertz CT molecular complexity index is 628. The van der Waals surface area contributed by atoms with E-state index in [1.807, 2.05) is 31.2 Å². The second-order valence-corrected chi connectivity index (χ2v) is 4.73. The number of hydrogen-bond acceptors (Lipinski definition) is 3. The molecule has 18 heavy (non-hydrogen) atoms. The van der Waals surface area contributed by atoms with Gasteiger partial charge in [-0.3, -0.25) is 0 Å². The molecular formula is C15H13N3. The topological polar surface area (TPSA) is 49.6 Å². The monoisotopic (exact) mass is 235 g/mol. The lowest BCUT2D eigenvalue weighted by Crippen LogP contribution is -1.93. The van der Waals surface area contributed by atoms with Crippen molar-refractivity contribution in [2.75, 3.05) is 0 Å². The average Bonchev–Trinajstić information content (AvgIpc) is 3.19.